The van der Waals surface area contributed by atoms with Crippen LogP contribution in [0.15, 0.2) is 59.2 Å². The van der Waals surface area contributed by atoms with Gasteiger partial charge in [0.1, 0.15) is 11.2 Å². The highest BCUT2D eigenvalue weighted by Crippen LogP contribution is 2.22. The van der Waals surface area contributed by atoms with Gasteiger partial charge in [0.2, 0.25) is 0 Å². The maximum Gasteiger partial charge on any atom is 0.271 e. The lowest BCUT2D eigenvalue weighted by molar-refractivity contribution is 0.0924. The van der Waals surface area contributed by atoms with Crippen LogP contribution in [0.1, 0.15) is 77.5 Å². The van der Waals surface area contributed by atoms with E-state index >= 15 is 0 Å². The summed E-state index contributed by atoms with van der Waals surface area (Å²) in [6.45, 7) is 13.8. The molecule has 0 bridgehead atoms. The lowest BCUT2D eigenvalue weighted by atomic mass is 9.98. The highest BCUT2D eigenvalue weighted by molar-refractivity contribution is 5.93. The van der Waals surface area contributed by atoms with Gasteiger partial charge in [-0.05, 0) is 82.4 Å². The fraction of sp³-hybridized carbons (Fsp3) is 0.400. The van der Waals surface area contributed by atoms with Crippen LogP contribution in [0, 0.1) is 11.3 Å². The van der Waals surface area contributed by atoms with Gasteiger partial charge >= 0.3 is 0 Å². The summed E-state index contributed by atoms with van der Waals surface area (Å²) >= 11 is 0. The lowest BCUT2D eigenvalue weighted by Crippen LogP contribution is -2.42. The minimum absolute atomic E-state index is 0.293. The summed E-state index contributed by atoms with van der Waals surface area (Å²) in [6, 6.07) is 7.44. The Morgan fingerprint density at radius 3 is 2.41 bits per heavy atom. The molecule has 4 heteroatoms. The van der Waals surface area contributed by atoms with E-state index < -0.39 is 5.54 Å². The largest absolute Gasteiger partial charge is 0.333 e. The van der Waals surface area contributed by atoms with Crippen LogP contribution in [0.25, 0.3) is 5.57 Å². The van der Waals surface area contributed by atoms with Gasteiger partial charge in [-0.25, -0.2) is 4.98 Å². The van der Waals surface area contributed by atoms with Crippen molar-refractivity contribution in [3.05, 3.63) is 70.6 Å². The van der Waals surface area contributed by atoms with Gasteiger partial charge in [-0.2, -0.15) is 5.26 Å². The Balaban J connectivity index is 3.36. The zero-order chi connectivity index (χ0) is 22.0. The van der Waals surface area contributed by atoms with Crippen molar-refractivity contribution in [1.82, 2.24) is 10.3 Å². The van der Waals surface area contributed by atoms with E-state index in [-0.39, 0.29) is 5.91 Å². The number of hydrogen-bond donors (Lipinski definition) is 1. The van der Waals surface area contributed by atoms with Crippen molar-refractivity contribution < 1.29 is 4.79 Å². The molecule has 1 amide bonds. The first kappa shape index (κ1) is 24.1. The van der Waals surface area contributed by atoms with Crippen molar-refractivity contribution in [2.45, 2.75) is 66.8 Å². The molecular formula is C25H33N3O. The van der Waals surface area contributed by atoms with Crippen molar-refractivity contribution in [3.63, 3.8) is 0 Å². The summed E-state index contributed by atoms with van der Waals surface area (Å²) < 4.78 is 0. The summed E-state index contributed by atoms with van der Waals surface area (Å²) in [4.78, 5) is 17.0. The smallest absolute Gasteiger partial charge is 0.271 e. The summed E-state index contributed by atoms with van der Waals surface area (Å²) in [5, 5.41) is 11.8. The summed E-state index contributed by atoms with van der Waals surface area (Å²) in [7, 11) is 0. The number of nitriles is 1. The fourth-order valence-electron chi connectivity index (χ4n) is 2.63. The third-order valence-electron chi connectivity index (χ3n) is 4.53. The number of rotatable bonds is 8. The number of hydrogen-bond acceptors (Lipinski definition) is 3. The molecule has 0 radical (unpaired) electrons. The SMILES string of the molecule is C\C=C(/C=C(/C=C(/C)CC)C(\C)=C\CC)c1cccc(C(=O)NC(C)(C)C#N)n1. The van der Waals surface area contributed by atoms with E-state index in [4.69, 9.17) is 5.26 Å². The number of pyridine rings is 1. The highest BCUT2D eigenvalue weighted by Gasteiger charge is 2.21. The molecule has 154 valence electrons. The van der Waals surface area contributed by atoms with Gasteiger partial charge in [0.05, 0.1) is 11.8 Å². The first-order valence-electron chi connectivity index (χ1n) is 10.1. The van der Waals surface area contributed by atoms with Crippen LogP contribution in [0.2, 0.25) is 0 Å². The maximum atomic E-state index is 12.5. The molecule has 0 unspecified atom stereocenters. The van der Waals surface area contributed by atoms with E-state index in [1.54, 1.807) is 19.9 Å². The molecule has 0 aliphatic carbocycles. The van der Waals surface area contributed by atoms with E-state index in [2.05, 4.69) is 62.3 Å². The number of nitrogens with one attached hydrogen (secondary N) is 1. The van der Waals surface area contributed by atoms with E-state index in [0.717, 1.165) is 29.7 Å². The maximum absolute atomic E-state index is 12.5. The van der Waals surface area contributed by atoms with E-state index in [1.165, 1.54) is 11.1 Å². The van der Waals surface area contributed by atoms with Gasteiger partial charge in [-0.15, -0.1) is 0 Å². The molecule has 0 spiro atoms. The van der Waals surface area contributed by atoms with Crippen LogP contribution in [0.5, 0.6) is 0 Å². The van der Waals surface area contributed by atoms with Crippen LogP contribution in [-0.4, -0.2) is 16.4 Å². The molecule has 1 aromatic rings. The molecular weight excluding hydrogens is 358 g/mol. The van der Waals surface area contributed by atoms with Crippen LogP contribution >= 0.6 is 0 Å². The van der Waals surface area contributed by atoms with Crippen LogP contribution in [0.3, 0.4) is 0 Å². The average Bonchev–Trinajstić information content (AvgIpc) is 2.70. The number of allylic oxidation sites excluding steroid dienone is 8. The van der Waals surface area contributed by atoms with E-state index in [0.29, 0.717) is 5.69 Å². The second kappa shape index (κ2) is 11.2. The van der Waals surface area contributed by atoms with E-state index in [9.17, 15) is 4.79 Å². The van der Waals surface area contributed by atoms with Gasteiger partial charge in [-0.3, -0.25) is 4.79 Å². The predicted octanol–water partition coefficient (Wildman–Crippen LogP) is 6.16. The number of carbonyl (C=O) groups excluding carboxylic acids is 1. The normalized spacial score (nSPS) is 13.9. The highest BCUT2D eigenvalue weighted by atomic mass is 16.2. The second-order valence-electron chi connectivity index (χ2n) is 7.58. The zero-order valence-corrected chi connectivity index (χ0v) is 18.8. The standard InChI is InChI=1S/C25H33N3O/c1-8-12-19(5)21(15-18(4)9-2)16-20(10-3)22-13-11-14-23(27-22)24(29)28-25(6,7)17-26/h10-16H,8-9H2,1-7H3,(H,28,29)/b18-15-,19-12+,20-10+,21-16-. The molecule has 0 fully saturated rings. The van der Waals surface area contributed by atoms with Crippen molar-refractivity contribution >= 4 is 11.5 Å². The molecule has 1 N–H and O–H groups in total. The molecule has 0 aromatic carbocycles. The molecule has 0 aliphatic rings. The van der Waals surface area contributed by atoms with Crippen LogP contribution in [-0.2, 0) is 0 Å². The van der Waals surface area contributed by atoms with E-state index in [1.807, 2.05) is 25.1 Å². The fourth-order valence-corrected chi connectivity index (χ4v) is 2.63. The first-order chi connectivity index (χ1) is 13.7. The molecule has 0 saturated carbocycles. The number of carbonyl (C=O) groups is 1. The Morgan fingerprint density at radius 1 is 1.21 bits per heavy atom. The monoisotopic (exact) mass is 391 g/mol. The third-order valence-corrected chi connectivity index (χ3v) is 4.53. The zero-order valence-electron chi connectivity index (χ0n) is 18.8. The van der Waals surface area contributed by atoms with Crippen molar-refractivity contribution in [2.24, 2.45) is 0 Å². The molecule has 1 rings (SSSR count). The summed E-state index contributed by atoms with van der Waals surface area (Å²) in [5.74, 6) is -0.359. The molecule has 0 atom stereocenters. The van der Waals surface area contributed by atoms with Crippen molar-refractivity contribution in [2.75, 3.05) is 0 Å². The second-order valence-corrected chi connectivity index (χ2v) is 7.58. The number of aromatic nitrogens is 1. The van der Waals surface area contributed by atoms with Gasteiger partial charge in [0, 0.05) is 0 Å². The molecule has 29 heavy (non-hydrogen) atoms. The van der Waals surface area contributed by atoms with Crippen molar-refractivity contribution in [3.8, 4) is 6.07 Å². The van der Waals surface area contributed by atoms with Gasteiger partial charge in [0.25, 0.3) is 5.91 Å². The van der Waals surface area contributed by atoms with Crippen LogP contribution < -0.4 is 5.32 Å². The summed E-state index contributed by atoms with van der Waals surface area (Å²) in [6.07, 6.45) is 10.5. The Kier molecular flexibility index (Phi) is 9.28. The molecule has 1 heterocycles. The minimum atomic E-state index is -0.949. The van der Waals surface area contributed by atoms with Gasteiger partial charge in [-0.1, -0.05) is 43.7 Å². The Hall–Kier alpha value is -2.93. The first-order valence-corrected chi connectivity index (χ1v) is 10.1. The topological polar surface area (TPSA) is 65.8 Å². The number of nitrogens with zero attached hydrogens (tertiary/aromatic N) is 2. The number of amides is 1. The molecule has 4 nitrogen and oxygen atoms in total. The minimum Gasteiger partial charge on any atom is -0.333 e. The molecule has 0 aliphatic heterocycles. The summed E-state index contributed by atoms with van der Waals surface area (Å²) in [5.41, 5.74) is 4.66. The molecule has 1 aromatic heterocycles. The molecule has 0 saturated heterocycles. The predicted molar refractivity (Wildman–Crippen MR) is 121 cm³/mol. The average molecular weight is 392 g/mol. The van der Waals surface area contributed by atoms with Crippen LogP contribution in [0.4, 0.5) is 0 Å². The lowest BCUT2D eigenvalue weighted by Gasteiger charge is -2.17. The Labute approximate surface area is 175 Å². The van der Waals surface area contributed by atoms with Gasteiger partial charge < -0.3 is 5.32 Å². The Bertz CT molecular complexity index is 893. The third kappa shape index (κ3) is 7.54. The Morgan fingerprint density at radius 2 is 1.86 bits per heavy atom. The quantitative estimate of drug-likeness (QED) is 0.540. The van der Waals surface area contributed by atoms with Crippen molar-refractivity contribution in [1.29, 1.82) is 5.26 Å². The van der Waals surface area contributed by atoms with Gasteiger partial charge in [0.15, 0.2) is 0 Å².